The van der Waals surface area contributed by atoms with E-state index in [1.807, 2.05) is 0 Å². The minimum absolute atomic E-state index is 0.153. The van der Waals surface area contributed by atoms with Crippen molar-refractivity contribution >= 4 is 38.9 Å². The lowest BCUT2D eigenvalue weighted by atomic mass is 9.43. The van der Waals surface area contributed by atoms with Gasteiger partial charge in [0.2, 0.25) is 0 Å². The van der Waals surface area contributed by atoms with Crippen LogP contribution in [-0.2, 0) is 11.8 Å². The smallest absolute Gasteiger partial charge is 0.0547 e. The van der Waals surface area contributed by atoms with Crippen molar-refractivity contribution in [2.45, 2.75) is 43.9 Å². The summed E-state index contributed by atoms with van der Waals surface area (Å²) >= 11 is 0. The van der Waals surface area contributed by atoms with E-state index in [9.17, 15) is 0 Å². The molecule has 4 fully saturated rings. The standard InChI is InChI=1S/C59H46N2/c1-3-14-45(15-4-1)60(56-21-11-13-42-33-41-12-7-8-18-48(41)58(42)56)47-24-27-55-52(36-47)51-26-23-40(35-57(51)61(55)46-16-5-2-6-17-46)39-22-25-50-49-19-9-10-20-53(49)59(54(50)34-39)43-29-37-28-38(31-43)32-44(59)30-37/h1-27,34-38,43-44H,28-33H2. The van der Waals surface area contributed by atoms with Crippen LogP contribution in [0.5, 0.6) is 0 Å². The fraction of sp³-hybridized carbons (Fsp3) is 0.186. The van der Waals surface area contributed by atoms with E-state index < -0.39 is 0 Å². The first-order chi connectivity index (χ1) is 30.2. The number of anilines is 3. The van der Waals surface area contributed by atoms with Crippen molar-refractivity contribution in [1.29, 1.82) is 0 Å². The Kier molecular flexibility index (Phi) is 7.10. The monoisotopic (exact) mass is 782 g/mol. The van der Waals surface area contributed by atoms with E-state index in [0.29, 0.717) is 0 Å². The molecule has 8 aromatic carbocycles. The molecule has 4 saturated carbocycles. The van der Waals surface area contributed by atoms with E-state index in [1.54, 1.807) is 11.1 Å². The maximum absolute atomic E-state index is 2.64. The zero-order valence-corrected chi connectivity index (χ0v) is 34.3. The maximum Gasteiger partial charge on any atom is 0.0547 e. The Morgan fingerprint density at radius 2 is 1.11 bits per heavy atom. The normalized spacial score (nSPS) is 22.4. The summed E-state index contributed by atoms with van der Waals surface area (Å²) in [7, 11) is 0. The number of hydrogen-bond acceptors (Lipinski definition) is 1. The van der Waals surface area contributed by atoms with Crippen LogP contribution >= 0.6 is 0 Å². The molecule has 0 saturated heterocycles. The van der Waals surface area contributed by atoms with Crippen LogP contribution < -0.4 is 4.90 Å². The van der Waals surface area contributed by atoms with Crippen molar-refractivity contribution in [3.63, 3.8) is 0 Å². The highest BCUT2D eigenvalue weighted by molar-refractivity contribution is 6.12. The second-order valence-electron chi connectivity index (χ2n) is 18.9. The summed E-state index contributed by atoms with van der Waals surface area (Å²) in [6.07, 6.45) is 8.04. The topological polar surface area (TPSA) is 8.17 Å². The first kappa shape index (κ1) is 34.1. The molecule has 2 nitrogen and oxygen atoms in total. The fourth-order valence-electron chi connectivity index (χ4n) is 13.9. The first-order valence-corrected chi connectivity index (χ1v) is 22.6. The van der Waals surface area contributed by atoms with Gasteiger partial charge in [0.1, 0.15) is 0 Å². The predicted molar refractivity (Wildman–Crippen MR) is 252 cm³/mol. The molecule has 0 amide bonds. The Morgan fingerprint density at radius 3 is 1.93 bits per heavy atom. The summed E-state index contributed by atoms with van der Waals surface area (Å²) in [6.45, 7) is 0. The SMILES string of the molecule is c1ccc(N(c2ccc3c(c2)c2ccc(-c4ccc5c(c4)C4(c6ccccc6-5)C5CC6CC(C5)CC4C6)cc2n3-c2ccccc2)c2cccc3c2-c2ccccc2C3)cc1. The second-order valence-corrected chi connectivity index (χ2v) is 18.9. The van der Waals surface area contributed by atoms with Crippen LogP contribution in [-0.4, -0.2) is 4.57 Å². The maximum atomic E-state index is 2.64. The summed E-state index contributed by atoms with van der Waals surface area (Å²) < 4.78 is 2.49. The van der Waals surface area contributed by atoms with Gasteiger partial charge in [-0.15, -0.1) is 0 Å². The Bertz CT molecular complexity index is 3220. The summed E-state index contributed by atoms with van der Waals surface area (Å²) in [5.74, 6) is 3.36. The summed E-state index contributed by atoms with van der Waals surface area (Å²) in [6, 6.07) is 69.1. The van der Waals surface area contributed by atoms with Crippen LogP contribution in [0, 0.1) is 23.7 Å². The zero-order valence-electron chi connectivity index (χ0n) is 34.3. The molecule has 0 atom stereocenters. The second kappa shape index (κ2) is 12.7. The molecule has 292 valence electrons. The Balaban J connectivity index is 0.954. The third-order valence-electron chi connectivity index (χ3n) is 16.0. The molecule has 6 aliphatic carbocycles. The minimum Gasteiger partial charge on any atom is -0.310 e. The van der Waals surface area contributed by atoms with Crippen LogP contribution in [0.4, 0.5) is 17.1 Å². The van der Waals surface area contributed by atoms with Crippen LogP contribution in [0.25, 0.3) is 60.9 Å². The number of nitrogens with zero attached hydrogens (tertiary/aromatic N) is 2. The van der Waals surface area contributed by atoms with Gasteiger partial charge >= 0.3 is 0 Å². The molecule has 1 spiro atoms. The molecule has 0 N–H and O–H groups in total. The summed E-state index contributed by atoms with van der Waals surface area (Å²) in [5.41, 5.74) is 21.6. The van der Waals surface area contributed by atoms with Gasteiger partial charge < -0.3 is 9.47 Å². The number of aromatic nitrogens is 1. The van der Waals surface area contributed by atoms with E-state index >= 15 is 0 Å². The predicted octanol–water partition coefficient (Wildman–Crippen LogP) is 15.2. The van der Waals surface area contributed by atoms with E-state index in [2.05, 4.69) is 191 Å². The third-order valence-corrected chi connectivity index (χ3v) is 16.0. The average Bonchev–Trinajstić information content (AvgIpc) is 3.95. The fourth-order valence-corrected chi connectivity index (χ4v) is 13.9. The van der Waals surface area contributed by atoms with Gasteiger partial charge in [-0.05, 0) is 173 Å². The number of hydrogen-bond donors (Lipinski definition) is 0. The zero-order chi connectivity index (χ0) is 39.8. The highest BCUT2D eigenvalue weighted by Crippen LogP contribution is 2.69. The quantitative estimate of drug-likeness (QED) is 0.169. The summed E-state index contributed by atoms with van der Waals surface area (Å²) in [5, 5.41) is 2.53. The van der Waals surface area contributed by atoms with Gasteiger partial charge in [-0.3, -0.25) is 0 Å². The van der Waals surface area contributed by atoms with E-state index in [-0.39, 0.29) is 5.41 Å². The van der Waals surface area contributed by atoms with Gasteiger partial charge in [0, 0.05) is 38.8 Å². The van der Waals surface area contributed by atoms with Crippen LogP contribution in [0.2, 0.25) is 0 Å². The molecule has 61 heavy (non-hydrogen) atoms. The average molecular weight is 783 g/mol. The lowest BCUT2D eigenvalue weighted by molar-refractivity contribution is -0.0399. The highest BCUT2D eigenvalue weighted by atomic mass is 15.1. The van der Waals surface area contributed by atoms with Crippen molar-refractivity contribution in [2.24, 2.45) is 23.7 Å². The van der Waals surface area contributed by atoms with Gasteiger partial charge in [-0.2, -0.15) is 0 Å². The van der Waals surface area contributed by atoms with E-state index in [0.717, 1.165) is 41.5 Å². The minimum atomic E-state index is 0.153. The van der Waals surface area contributed by atoms with Gasteiger partial charge in [0.05, 0.1) is 16.7 Å². The van der Waals surface area contributed by atoms with Crippen LogP contribution in [0.15, 0.2) is 182 Å². The molecule has 6 aliphatic rings. The third kappa shape index (κ3) is 4.74. The molecular formula is C59H46N2. The Morgan fingerprint density at radius 1 is 0.443 bits per heavy atom. The van der Waals surface area contributed by atoms with Crippen LogP contribution in [0.3, 0.4) is 0 Å². The molecule has 2 heteroatoms. The molecule has 0 radical (unpaired) electrons. The molecule has 1 heterocycles. The molecule has 1 aromatic heterocycles. The molecule has 4 bridgehead atoms. The van der Waals surface area contributed by atoms with Crippen LogP contribution in [0.1, 0.15) is 54.4 Å². The van der Waals surface area contributed by atoms with E-state index in [1.165, 1.54) is 110 Å². The van der Waals surface area contributed by atoms with Crippen molar-refractivity contribution in [2.75, 3.05) is 4.90 Å². The first-order valence-electron chi connectivity index (χ1n) is 22.6. The number of rotatable bonds is 5. The van der Waals surface area contributed by atoms with Gasteiger partial charge in [0.15, 0.2) is 0 Å². The molecular weight excluding hydrogens is 737 g/mol. The Labute approximate surface area is 357 Å². The lowest BCUT2D eigenvalue weighted by Crippen LogP contribution is -2.55. The van der Waals surface area contributed by atoms with Crippen molar-refractivity contribution in [3.8, 4) is 39.1 Å². The molecule has 0 aliphatic heterocycles. The summed E-state index contributed by atoms with van der Waals surface area (Å²) in [4.78, 5) is 2.48. The van der Waals surface area contributed by atoms with Crippen molar-refractivity contribution < 1.29 is 0 Å². The van der Waals surface area contributed by atoms with Crippen molar-refractivity contribution in [3.05, 3.63) is 204 Å². The molecule has 15 rings (SSSR count). The number of benzene rings is 8. The highest BCUT2D eigenvalue weighted by Gasteiger charge is 2.61. The van der Waals surface area contributed by atoms with Gasteiger partial charge in [-0.25, -0.2) is 0 Å². The largest absolute Gasteiger partial charge is 0.310 e. The van der Waals surface area contributed by atoms with Gasteiger partial charge in [0.25, 0.3) is 0 Å². The number of para-hydroxylation sites is 2. The van der Waals surface area contributed by atoms with Crippen molar-refractivity contribution in [1.82, 2.24) is 4.57 Å². The van der Waals surface area contributed by atoms with E-state index in [4.69, 9.17) is 0 Å². The lowest BCUT2D eigenvalue weighted by Gasteiger charge is -2.61. The van der Waals surface area contributed by atoms with Gasteiger partial charge in [-0.1, -0.05) is 121 Å². The molecule has 9 aromatic rings. The molecule has 0 unspecified atom stereocenters. The number of fused-ring (bicyclic) bond motifs is 9. The Hall–Kier alpha value is -6.64.